The minimum absolute atomic E-state index is 0.0107. The molecule has 0 aliphatic heterocycles. The van der Waals surface area contributed by atoms with Crippen LogP contribution in [0.5, 0.6) is 0 Å². The standard InChI is InChI=1S/C13H14N4O/c1-2-3-7-4-5-9-10(12(7)18)11(14)8-6-15-17-13(8)16-9/h2,6-7H,1,3-5H2,(H3,14,15,16,17). The number of aryl methyl sites for hydroxylation is 1. The molecule has 1 aliphatic carbocycles. The zero-order valence-corrected chi connectivity index (χ0v) is 9.94. The van der Waals surface area contributed by atoms with E-state index in [0.717, 1.165) is 23.9 Å². The zero-order valence-electron chi connectivity index (χ0n) is 9.94. The maximum absolute atomic E-state index is 12.4. The van der Waals surface area contributed by atoms with Gasteiger partial charge in [0.05, 0.1) is 28.5 Å². The minimum Gasteiger partial charge on any atom is -0.397 e. The summed E-state index contributed by atoms with van der Waals surface area (Å²) in [5, 5.41) is 7.44. The van der Waals surface area contributed by atoms with Crippen LogP contribution >= 0.6 is 0 Å². The van der Waals surface area contributed by atoms with E-state index in [0.29, 0.717) is 23.3 Å². The number of nitrogens with zero attached hydrogens (tertiary/aromatic N) is 2. The lowest BCUT2D eigenvalue weighted by Gasteiger charge is -2.22. The number of nitrogen functional groups attached to an aromatic ring is 1. The third-order valence-electron chi connectivity index (χ3n) is 3.51. The molecule has 5 nitrogen and oxygen atoms in total. The maximum Gasteiger partial charge on any atom is 0.170 e. The molecular weight excluding hydrogens is 228 g/mol. The fourth-order valence-corrected chi connectivity index (χ4v) is 2.57. The number of allylic oxidation sites excluding steroid dienone is 1. The Morgan fingerprint density at radius 3 is 3.22 bits per heavy atom. The Morgan fingerprint density at radius 2 is 2.44 bits per heavy atom. The third kappa shape index (κ3) is 1.44. The largest absolute Gasteiger partial charge is 0.397 e. The summed E-state index contributed by atoms with van der Waals surface area (Å²) in [6.07, 6.45) is 5.68. The number of nitrogens with one attached hydrogen (secondary N) is 1. The molecule has 0 amide bonds. The highest BCUT2D eigenvalue weighted by Crippen LogP contribution is 2.33. The Hall–Kier alpha value is -2.17. The van der Waals surface area contributed by atoms with E-state index in [-0.39, 0.29) is 11.7 Å². The summed E-state index contributed by atoms with van der Waals surface area (Å²) in [6, 6.07) is 0. The van der Waals surface area contributed by atoms with Crippen molar-refractivity contribution >= 4 is 22.5 Å². The molecule has 3 N–H and O–H groups in total. The van der Waals surface area contributed by atoms with Gasteiger partial charge in [0.25, 0.3) is 0 Å². The predicted molar refractivity (Wildman–Crippen MR) is 69.3 cm³/mol. The van der Waals surface area contributed by atoms with E-state index >= 15 is 0 Å². The molecule has 2 aromatic rings. The van der Waals surface area contributed by atoms with Crippen molar-refractivity contribution in [3.63, 3.8) is 0 Å². The second-order valence-corrected chi connectivity index (χ2v) is 4.60. The fraction of sp³-hybridized carbons (Fsp3) is 0.308. The van der Waals surface area contributed by atoms with Gasteiger partial charge in [0.2, 0.25) is 0 Å². The number of carbonyl (C=O) groups excluding carboxylic acids is 1. The van der Waals surface area contributed by atoms with Crippen molar-refractivity contribution in [1.82, 2.24) is 15.2 Å². The number of pyridine rings is 1. The molecule has 0 saturated heterocycles. The van der Waals surface area contributed by atoms with E-state index in [9.17, 15) is 4.79 Å². The van der Waals surface area contributed by atoms with E-state index in [4.69, 9.17) is 5.73 Å². The summed E-state index contributed by atoms with van der Waals surface area (Å²) >= 11 is 0. The number of fused-ring (bicyclic) bond motifs is 2. The molecule has 0 saturated carbocycles. The molecule has 0 fully saturated rings. The molecule has 0 bridgehead atoms. The summed E-state index contributed by atoms with van der Waals surface area (Å²) in [6.45, 7) is 3.70. The van der Waals surface area contributed by atoms with E-state index in [1.54, 1.807) is 12.3 Å². The number of carbonyl (C=O) groups is 1. The average molecular weight is 242 g/mol. The zero-order chi connectivity index (χ0) is 12.7. The van der Waals surface area contributed by atoms with Gasteiger partial charge in [-0.3, -0.25) is 9.89 Å². The molecule has 1 atom stereocenters. The normalized spacial score (nSPS) is 18.9. The molecule has 0 spiro atoms. The number of aromatic amines is 1. The van der Waals surface area contributed by atoms with E-state index in [2.05, 4.69) is 21.8 Å². The van der Waals surface area contributed by atoms with Crippen LogP contribution in [0.25, 0.3) is 11.0 Å². The minimum atomic E-state index is -0.0107. The molecule has 2 heterocycles. The molecule has 1 aliphatic rings. The number of hydrogen-bond acceptors (Lipinski definition) is 4. The number of rotatable bonds is 2. The van der Waals surface area contributed by atoms with Gasteiger partial charge in [-0.05, 0) is 19.3 Å². The van der Waals surface area contributed by atoms with Crippen LogP contribution in [0, 0.1) is 5.92 Å². The van der Waals surface area contributed by atoms with Crippen LogP contribution in [-0.2, 0) is 6.42 Å². The summed E-state index contributed by atoms with van der Waals surface area (Å²) in [5.74, 6) is 0.0766. The summed E-state index contributed by atoms with van der Waals surface area (Å²) in [7, 11) is 0. The molecule has 18 heavy (non-hydrogen) atoms. The lowest BCUT2D eigenvalue weighted by molar-refractivity contribution is 0.0903. The molecule has 3 rings (SSSR count). The van der Waals surface area contributed by atoms with Crippen molar-refractivity contribution in [2.24, 2.45) is 5.92 Å². The van der Waals surface area contributed by atoms with E-state index in [1.165, 1.54) is 0 Å². The van der Waals surface area contributed by atoms with Gasteiger partial charge in [-0.15, -0.1) is 6.58 Å². The average Bonchev–Trinajstić information content (AvgIpc) is 2.81. The Kier molecular flexibility index (Phi) is 2.40. The first-order valence-corrected chi connectivity index (χ1v) is 5.99. The number of aromatic nitrogens is 3. The first-order valence-electron chi connectivity index (χ1n) is 5.99. The highest BCUT2D eigenvalue weighted by molar-refractivity contribution is 6.09. The number of H-pyrrole nitrogens is 1. The topological polar surface area (TPSA) is 84.7 Å². The number of hydrogen-bond donors (Lipinski definition) is 2. The van der Waals surface area contributed by atoms with Crippen LogP contribution in [-0.4, -0.2) is 21.0 Å². The van der Waals surface area contributed by atoms with Gasteiger partial charge in [-0.1, -0.05) is 6.08 Å². The van der Waals surface area contributed by atoms with Gasteiger partial charge in [0.15, 0.2) is 11.4 Å². The number of anilines is 1. The van der Waals surface area contributed by atoms with Gasteiger partial charge >= 0.3 is 0 Å². The van der Waals surface area contributed by atoms with Crippen LogP contribution in [0.1, 0.15) is 28.9 Å². The maximum atomic E-state index is 12.4. The smallest absolute Gasteiger partial charge is 0.170 e. The Bertz CT molecular complexity index is 644. The van der Waals surface area contributed by atoms with Crippen molar-refractivity contribution in [1.29, 1.82) is 0 Å². The van der Waals surface area contributed by atoms with Gasteiger partial charge in [0.1, 0.15) is 0 Å². The van der Waals surface area contributed by atoms with Crippen molar-refractivity contribution in [3.05, 3.63) is 30.1 Å². The van der Waals surface area contributed by atoms with Crippen LogP contribution in [0.4, 0.5) is 5.69 Å². The second-order valence-electron chi connectivity index (χ2n) is 4.60. The first-order chi connectivity index (χ1) is 8.72. The van der Waals surface area contributed by atoms with Gasteiger partial charge in [-0.25, -0.2) is 4.98 Å². The molecule has 0 radical (unpaired) electrons. The molecule has 1 unspecified atom stereocenters. The van der Waals surface area contributed by atoms with Crippen molar-refractivity contribution in [3.8, 4) is 0 Å². The van der Waals surface area contributed by atoms with Gasteiger partial charge in [-0.2, -0.15) is 5.10 Å². The second kappa shape index (κ2) is 3.94. The van der Waals surface area contributed by atoms with Crippen LogP contribution in [0.2, 0.25) is 0 Å². The Labute approximate surface area is 104 Å². The van der Waals surface area contributed by atoms with E-state index < -0.39 is 0 Å². The van der Waals surface area contributed by atoms with Crippen LogP contribution in [0.3, 0.4) is 0 Å². The third-order valence-corrected chi connectivity index (χ3v) is 3.51. The molecule has 2 aromatic heterocycles. The predicted octanol–water partition coefficient (Wildman–Crippen LogP) is 1.86. The monoisotopic (exact) mass is 242 g/mol. The van der Waals surface area contributed by atoms with Crippen LogP contribution in [0.15, 0.2) is 18.9 Å². The highest BCUT2D eigenvalue weighted by Gasteiger charge is 2.30. The summed E-state index contributed by atoms with van der Waals surface area (Å²) < 4.78 is 0. The summed E-state index contributed by atoms with van der Waals surface area (Å²) in [5.41, 5.74) is 8.61. The van der Waals surface area contributed by atoms with Crippen molar-refractivity contribution in [2.75, 3.05) is 5.73 Å². The quantitative estimate of drug-likeness (QED) is 0.787. The molecular formula is C13H14N4O. The highest BCUT2D eigenvalue weighted by atomic mass is 16.1. The first kappa shape index (κ1) is 11.0. The lowest BCUT2D eigenvalue weighted by Crippen LogP contribution is -2.24. The van der Waals surface area contributed by atoms with Crippen LogP contribution < -0.4 is 5.73 Å². The number of Topliss-reactive ketones (excluding diaryl/α,β-unsaturated/α-hetero) is 1. The van der Waals surface area contributed by atoms with E-state index in [1.807, 2.05) is 0 Å². The lowest BCUT2D eigenvalue weighted by atomic mass is 9.82. The van der Waals surface area contributed by atoms with Crippen molar-refractivity contribution in [2.45, 2.75) is 19.3 Å². The fourth-order valence-electron chi connectivity index (χ4n) is 2.57. The van der Waals surface area contributed by atoms with Gasteiger partial charge in [0, 0.05) is 5.92 Å². The SMILES string of the molecule is C=CCC1CCc2nc3[nH]ncc3c(N)c2C1=O. The van der Waals surface area contributed by atoms with Gasteiger partial charge < -0.3 is 5.73 Å². The Balaban J connectivity index is 2.18. The van der Waals surface area contributed by atoms with Crippen molar-refractivity contribution < 1.29 is 4.79 Å². The number of ketones is 1. The Morgan fingerprint density at radius 1 is 1.61 bits per heavy atom. The molecule has 92 valence electrons. The molecule has 0 aromatic carbocycles. The molecule has 5 heteroatoms. The number of nitrogens with two attached hydrogens (primary N) is 1. The summed E-state index contributed by atoms with van der Waals surface area (Å²) in [4.78, 5) is 16.8.